The monoisotopic (exact) mass is 289 g/mol. The Balaban J connectivity index is 1.69. The zero-order valence-corrected chi connectivity index (χ0v) is 12.8. The molecule has 4 heteroatoms. The average molecular weight is 289 g/mol. The predicted octanol–water partition coefficient (Wildman–Crippen LogP) is 3.28. The van der Waals surface area contributed by atoms with Crippen LogP contribution in [0, 0.1) is 5.92 Å². The van der Waals surface area contributed by atoms with Crippen LogP contribution < -0.4 is 5.32 Å². The number of nitrogens with one attached hydrogen (secondary N) is 1. The third-order valence-corrected chi connectivity index (χ3v) is 3.13. The van der Waals surface area contributed by atoms with Crippen molar-refractivity contribution in [1.82, 2.24) is 5.32 Å². The van der Waals surface area contributed by atoms with E-state index < -0.39 is 5.60 Å². The normalized spacial score (nSPS) is 20.7. The Kier molecular flexibility index (Phi) is 5.02. The van der Waals surface area contributed by atoms with E-state index in [-0.39, 0.29) is 18.1 Å². The highest BCUT2D eigenvalue weighted by Gasteiger charge is 2.27. The molecule has 0 fully saturated rings. The van der Waals surface area contributed by atoms with Gasteiger partial charge in [0.15, 0.2) is 0 Å². The second kappa shape index (κ2) is 6.76. The fourth-order valence-electron chi connectivity index (χ4n) is 2.02. The summed E-state index contributed by atoms with van der Waals surface area (Å²) in [6, 6.07) is 10.0. The molecule has 0 unspecified atom stereocenters. The first kappa shape index (κ1) is 15.6. The van der Waals surface area contributed by atoms with Gasteiger partial charge in [-0.1, -0.05) is 42.5 Å². The summed E-state index contributed by atoms with van der Waals surface area (Å²) in [5.74, 6) is 0.209. The molecule has 1 N–H and O–H groups in total. The molecule has 0 saturated heterocycles. The standard InChI is InChI=1S/C17H23NO3/c1-17(2,3)21-16(19)18-15-10-9-14(15)12-20-11-13-7-5-4-6-8-13/h4-10,14-15H,11-12H2,1-3H3,(H,18,19)/t14-,15-/m1/s1. The van der Waals surface area contributed by atoms with Crippen LogP contribution in [0.4, 0.5) is 4.79 Å². The first-order chi connectivity index (χ1) is 9.94. The lowest BCUT2D eigenvalue weighted by molar-refractivity contribution is 0.0456. The van der Waals surface area contributed by atoms with Gasteiger partial charge in [-0.25, -0.2) is 4.79 Å². The molecule has 21 heavy (non-hydrogen) atoms. The van der Waals surface area contributed by atoms with Gasteiger partial charge in [0.25, 0.3) is 0 Å². The number of hydrogen-bond acceptors (Lipinski definition) is 3. The lowest BCUT2D eigenvalue weighted by Gasteiger charge is -2.31. The maximum absolute atomic E-state index is 11.7. The topological polar surface area (TPSA) is 47.6 Å². The quantitative estimate of drug-likeness (QED) is 0.846. The largest absolute Gasteiger partial charge is 0.444 e. The summed E-state index contributed by atoms with van der Waals surface area (Å²) in [6.07, 6.45) is 3.62. The van der Waals surface area contributed by atoms with Crippen LogP contribution in [0.15, 0.2) is 42.5 Å². The Morgan fingerprint density at radius 2 is 1.90 bits per heavy atom. The highest BCUT2D eigenvalue weighted by molar-refractivity contribution is 5.68. The van der Waals surface area contributed by atoms with Gasteiger partial charge in [0, 0.05) is 5.92 Å². The zero-order chi connectivity index (χ0) is 15.3. The lowest BCUT2D eigenvalue weighted by Crippen LogP contribution is -2.46. The summed E-state index contributed by atoms with van der Waals surface area (Å²) < 4.78 is 10.9. The van der Waals surface area contributed by atoms with Gasteiger partial charge in [-0.2, -0.15) is 0 Å². The van der Waals surface area contributed by atoms with Crippen molar-refractivity contribution in [2.24, 2.45) is 5.92 Å². The fourth-order valence-corrected chi connectivity index (χ4v) is 2.02. The van der Waals surface area contributed by atoms with E-state index in [9.17, 15) is 4.79 Å². The molecule has 2 rings (SSSR count). The van der Waals surface area contributed by atoms with E-state index in [4.69, 9.17) is 9.47 Å². The summed E-state index contributed by atoms with van der Waals surface area (Å²) in [5.41, 5.74) is 0.675. The van der Waals surface area contributed by atoms with Crippen LogP contribution in [0.3, 0.4) is 0 Å². The van der Waals surface area contributed by atoms with E-state index in [0.29, 0.717) is 13.2 Å². The number of benzene rings is 1. The van der Waals surface area contributed by atoms with Crippen LogP contribution in [0.5, 0.6) is 0 Å². The number of amides is 1. The number of rotatable bonds is 5. The molecule has 0 saturated carbocycles. The summed E-state index contributed by atoms with van der Waals surface area (Å²) >= 11 is 0. The summed E-state index contributed by atoms with van der Waals surface area (Å²) in [5, 5.41) is 2.84. The van der Waals surface area contributed by atoms with Gasteiger partial charge in [0.1, 0.15) is 5.60 Å². The van der Waals surface area contributed by atoms with Crippen molar-refractivity contribution < 1.29 is 14.3 Å². The van der Waals surface area contributed by atoms with Crippen molar-refractivity contribution in [2.75, 3.05) is 6.61 Å². The van der Waals surface area contributed by atoms with E-state index >= 15 is 0 Å². The molecule has 1 amide bonds. The van der Waals surface area contributed by atoms with Gasteiger partial charge in [-0.05, 0) is 26.3 Å². The first-order valence-corrected chi connectivity index (χ1v) is 7.23. The van der Waals surface area contributed by atoms with E-state index in [0.717, 1.165) is 5.56 Å². The van der Waals surface area contributed by atoms with Crippen molar-refractivity contribution in [3.63, 3.8) is 0 Å². The van der Waals surface area contributed by atoms with Gasteiger partial charge in [-0.15, -0.1) is 0 Å². The summed E-state index contributed by atoms with van der Waals surface area (Å²) in [7, 11) is 0. The van der Waals surface area contributed by atoms with Gasteiger partial charge in [0.05, 0.1) is 19.3 Å². The lowest BCUT2D eigenvalue weighted by atomic mass is 9.90. The van der Waals surface area contributed by atoms with Crippen LogP contribution in [0.1, 0.15) is 26.3 Å². The summed E-state index contributed by atoms with van der Waals surface area (Å²) in [6.45, 7) is 6.73. The highest BCUT2D eigenvalue weighted by atomic mass is 16.6. The van der Waals surface area contributed by atoms with E-state index in [1.165, 1.54) is 0 Å². The Morgan fingerprint density at radius 3 is 2.48 bits per heavy atom. The smallest absolute Gasteiger partial charge is 0.408 e. The van der Waals surface area contributed by atoms with Crippen molar-refractivity contribution in [2.45, 2.75) is 39.0 Å². The molecule has 1 aliphatic rings. The number of carbonyl (C=O) groups is 1. The Bertz CT molecular complexity index is 491. The number of alkyl carbamates (subject to hydrolysis) is 1. The molecular formula is C17H23NO3. The van der Waals surface area contributed by atoms with E-state index in [1.54, 1.807) is 0 Å². The molecule has 0 aromatic heterocycles. The highest BCUT2D eigenvalue weighted by Crippen LogP contribution is 2.20. The van der Waals surface area contributed by atoms with Crippen LogP contribution in [0.2, 0.25) is 0 Å². The fraction of sp³-hybridized carbons (Fsp3) is 0.471. The minimum Gasteiger partial charge on any atom is -0.444 e. The molecule has 0 radical (unpaired) electrons. The minimum atomic E-state index is -0.475. The first-order valence-electron chi connectivity index (χ1n) is 7.23. The Labute approximate surface area is 126 Å². The van der Waals surface area contributed by atoms with Crippen molar-refractivity contribution >= 4 is 6.09 Å². The molecule has 4 nitrogen and oxygen atoms in total. The van der Waals surface area contributed by atoms with Crippen LogP contribution in [0.25, 0.3) is 0 Å². The van der Waals surface area contributed by atoms with E-state index in [2.05, 4.69) is 5.32 Å². The second-order valence-electron chi connectivity index (χ2n) is 6.22. The molecule has 1 aromatic carbocycles. The van der Waals surface area contributed by atoms with Gasteiger partial charge in [-0.3, -0.25) is 0 Å². The SMILES string of the molecule is CC(C)(C)OC(=O)N[C@@H]1C=C[C@@H]1COCc1ccccc1. The minimum absolute atomic E-state index is 0.00405. The Morgan fingerprint density at radius 1 is 1.19 bits per heavy atom. The van der Waals surface area contributed by atoms with Gasteiger partial charge < -0.3 is 14.8 Å². The molecule has 1 aliphatic carbocycles. The molecule has 0 spiro atoms. The average Bonchev–Trinajstić information content (AvgIpc) is 2.39. The third kappa shape index (κ3) is 5.23. The second-order valence-corrected chi connectivity index (χ2v) is 6.22. The molecule has 1 aromatic rings. The molecule has 2 atom stereocenters. The summed E-state index contributed by atoms with van der Waals surface area (Å²) in [4.78, 5) is 11.7. The molecule has 114 valence electrons. The van der Waals surface area contributed by atoms with Crippen LogP contribution >= 0.6 is 0 Å². The number of ether oxygens (including phenoxy) is 2. The molecule has 0 aliphatic heterocycles. The van der Waals surface area contributed by atoms with Crippen LogP contribution in [-0.4, -0.2) is 24.3 Å². The van der Waals surface area contributed by atoms with Gasteiger partial charge >= 0.3 is 6.09 Å². The van der Waals surface area contributed by atoms with Crippen molar-refractivity contribution in [1.29, 1.82) is 0 Å². The zero-order valence-electron chi connectivity index (χ0n) is 12.8. The van der Waals surface area contributed by atoms with Crippen molar-refractivity contribution in [3.05, 3.63) is 48.0 Å². The predicted molar refractivity (Wildman–Crippen MR) is 81.9 cm³/mol. The van der Waals surface area contributed by atoms with Gasteiger partial charge in [0.2, 0.25) is 0 Å². The number of hydrogen-bond donors (Lipinski definition) is 1. The van der Waals surface area contributed by atoms with E-state index in [1.807, 2.05) is 63.3 Å². The maximum atomic E-state index is 11.7. The molecule has 0 bridgehead atoms. The van der Waals surface area contributed by atoms with Crippen molar-refractivity contribution in [3.8, 4) is 0 Å². The maximum Gasteiger partial charge on any atom is 0.408 e. The molecular weight excluding hydrogens is 266 g/mol. The van der Waals surface area contributed by atoms with Crippen LogP contribution in [-0.2, 0) is 16.1 Å². The third-order valence-electron chi connectivity index (χ3n) is 3.13. The Hall–Kier alpha value is -1.81. The molecule has 0 heterocycles. The number of carbonyl (C=O) groups excluding carboxylic acids is 1.